The molecule has 5 rings (SSSR count). The van der Waals surface area contributed by atoms with Crippen molar-refractivity contribution < 1.29 is 19.0 Å². The molecule has 1 aliphatic rings. The molecule has 0 N–H and O–H groups in total. The van der Waals surface area contributed by atoms with Crippen LogP contribution >= 0.6 is 11.3 Å². The summed E-state index contributed by atoms with van der Waals surface area (Å²) in [5.41, 5.74) is 3.48. The molecule has 1 unspecified atom stereocenters. The Bertz CT molecular complexity index is 1910. The maximum atomic E-state index is 13.8. The van der Waals surface area contributed by atoms with Gasteiger partial charge < -0.3 is 14.2 Å². The van der Waals surface area contributed by atoms with Crippen molar-refractivity contribution in [2.45, 2.75) is 26.5 Å². The van der Waals surface area contributed by atoms with Crippen LogP contribution in [-0.4, -0.2) is 23.8 Å². The van der Waals surface area contributed by atoms with E-state index in [0.717, 1.165) is 16.7 Å². The summed E-state index contributed by atoms with van der Waals surface area (Å²) >= 11 is 1.26. The lowest BCUT2D eigenvalue weighted by atomic mass is 9.96. The van der Waals surface area contributed by atoms with Crippen LogP contribution < -0.4 is 24.4 Å². The molecular formula is C34H29N3O5S. The van der Waals surface area contributed by atoms with Crippen molar-refractivity contribution in [3.8, 4) is 17.6 Å². The Kier molecular flexibility index (Phi) is 8.99. The third-order valence-electron chi connectivity index (χ3n) is 6.79. The van der Waals surface area contributed by atoms with Gasteiger partial charge in [0.1, 0.15) is 24.7 Å². The highest BCUT2D eigenvalue weighted by atomic mass is 32.1. The summed E-state index contributed by atoms with van der Waals surface area (Å²) < 4.78 is 18.9. The number of aromatic nitrogens is 1. The minimum atomic E-state index is -0.710. The lowest BCUT2D eigenvalue weighted by molar-refractivity contribution is -0.139. The quantitative estimate of drug-likeness (QED) is 0.194. The predicted molar refractivity (Wildman–Crippen MR) is 164 cm³/mol. The Hall–Kier alpha value is -5.20. The monoisotopic (exact) mass is 591 g/mol. The van der Waals surface area contributed by atoms with Gasteiger partial charge in [-0.3, -0.25) is 9.36 Å². The third kappa shape index (κ3) is 6.35. The molecule has 0 saturated heterocycles. The summed E-state index contributed by atoms with van der Waals surface area (Å²) in [6, 6.07) is 23.4. The molecular weight excluding hydrogens is 562 g/mol. The van der Waals surface area contributed by atoms with Crippen molar-refractivity contribution in [3.05, 3.63) is 139 Å². The lowest BCUT2D eigenvalue weighted by Crippen LogP contribution is -2.39. The number of hydrogen-bond donors (Lipinski definition) is 0. The molecule has 8 nitrogen and oxygen atoms in total. The predicted octanol–water partition coefficient (Wildman–Crippen LogP) is 4.81. The normalized spacial score (nSPS) is 14.3. The van der Waals surface area contributed by atoms with Gasteiger partial charge in [0, 0.05) is 5.56 Å². The molecule has 216 valence electrons. The summed E-state index contributed by atoms with van der Waals surface area (Å²) in [6.45, 7) is 8.00. The van der Waals surface area contributed by atoms with Crippen molar-refractivity contribution in [1.29, 1.82) is 5.26 Å². The van der Waals surface area contributed by atoms with Gasteiger partial charge in [-0.05, 0) is 61.4 Å². The molecule has 9 heteroatoms. The van der Waals surface area contributed by atoms with Crippen LogP contribution in [0.5, 0.6) is 11.5 Å². The first-order valence-corrected chi connectivity index (χ1v) is 14.5. The number of benzene rings is 3. The number of carbonyl (C=O) groups excluding carboxylic acids is 1. The summed E-state index contributed by atoms with van der Waals surface area (Å²) in [5, 5.41) is 9.30. The topological polar surface area (TPSA) is 103 Å². The molecule has 2 heterocycles. The number of fused-ring (bicyclic) bond motifs is 1. The Labute approximate surface area is 252 Å². The summed E-state index contributed by atoms with van der Waals surface area (Å²) in [6.07, 6.45) is 3.46. The Morgan fingerprint density at radius 3 is 2.47 bits per heavy atom. The van der Waals surface area contributed by atoms with Gasteiger partial charge in [0.15, 0.2) is 4.80 Å². The molecule has 0 saturated carbocycles. The molecule has 1 aromatic heterocycles. The third-order valence-corrected chi connectivity index (χ3v) is 7.77. The first kappa shape index (κ1) is 29.3. The zero-order valence-electron chi connectivity index (χ0n) is 23.8. The number of hydrogen-bond acceptors (Lipinski definition) is 8. The minimum Gasteiger partial charge on any atom is -0.490 e. The van der Waals surface area contributed by atoms with Gasteiger partial charge >= 0.3 is 5.97 Å². The highest BCUT2D eigenvalue weighted by Crippen LogP contribution is 2.31. The van der Waals surface area contributed by atoms with E-state index in [1.165, 1.54) is 11.3 Å². The van der Waals surface area contributed by atoms with Crippen molar-refractivity contribution in [3.63, 3.8) is 0 Å². The van der Waals surface area contributed by atoms with Crippen LogP contribution in [0.25, 0.3) is 6.08 Å². The van der Waals surface area contributed by atoms with E-state index in [0.29, 0.717) is 44.3 Å². The average molecular weight is 592 g/mol. The molecule has 1 aliphatic heterocycles. The summed E-state index contributed by atoms with van der Waals surface area (Å²) in [7, 11) is 0. The number of allylic oxidation sites excluding steroid dienone is 1. The number of thiazole rings is 1. The lowest BCUT2D eigenvalue weighted by Gasteiger charge is -2.24. The fourth-order valence-corrected chi connectivity index (χ4v) is 5.78. The van der Waals surface area contributed by atoms with Gasteiger partial charge in [0.25, 0.3) is 5.56 Å². The highest BCUT2D eigenvalue weighted by Gasteiger charge is 2.33. The van der Waals surface area contributed by atoms with Gasteiger partial charge in [-0.15, -0.1) is 0 Å². The van der Waals surface area contributed by atoms with Gasteiger partial charge in [0.05, 0.1) is 40.1 Å². The molecule has 4 aromatic rings. The average Bonchev–Trinajstić information content (AvgIpc) is 3.33. The number of rotatable bonds is 10. The Balaban J connectivity index is 1.48. The first-order valence-electron chi connectivity index (χ1n) is 13.7. The molecule has 3 aromatic carbocycles. The maximum Gasteiger partial charge on any atom is 0.338 e. The smallest absolute Gasteiger partial charge is 0.338 e. The summed E-state index contributed by atoms with van der Waals surface area (Å²) in [5.74, 6) is 0.778. The van der Waals surface area contributed by atoms with E-state index in [9.17, 15) is 14.9 Å². The molecule has 0 aliphatic carbocycles. The second-order valence-electron chi connectivity index (χ2n) is 9.60. The zero-order valence-corrected chi connectivity index (χ0v) is 24.6. The van der Waals surface area contributed by atoms with Crippen LogP contribution in [0.3, 0.4) is 0 Å². The van der Waals surface area contributed by atoms with Crippen LogP contribution in [0, 0.1) is 11.3 Å². The summed E-state index contributed by atoms with van der Waals surface area (Å²) in [4.78, 5) is 32.1. The second kappa shape index (κ2) is 13.2. The Morgan fingerprint density at radius 2 is 1.77 bits per heavy atom. The maximum absolute atomic E-state index is 13.8. The van der Waals surface area contributed by atoms with Gasteiger partial charge in [0.2, 0.25) is 0 Å². The van der Waals surface area contributed by atoms with E-state index in [-0.39, 0.29) is 18.8 Å². The van der Waals surface area contributed by atoms with E-state index in [4.69, 9.17) is 14.2 Å². The van der Waals surface area contributed by atoms with Crippen LogP contribution in [0.15, 0.2) is 107 Å². The second-order valence-corrected chi connectivity index (χ2v) is 10.6. The van der Waals surface area contributed by atoms with Crippen LogP contribution in [0.2, 0.25) is 0 Å². The van der Waals surface area contributed by atoms with Crippen LogP contribution in [0.1, 0.15) is 42.1 Å². The van der Waals surface area contributed by atoms with E-state index in [1.807, 2.05) is 54.6 Å². The van der Waals surface area contributed by atoms with E-state index >= 15 is 0 Å². The zero-order chi connectivity index (χ0) is 30.3. The SMILES string of the molecule is C=CCOc1ccc(C2C(C(=O)OCC)=C(C)N=c3sc(=Cc4ccc(OCc5ccccc5C#N)cc4)c(=O)n32)cc1. The molecule has 0 fully saturated rings. The first-order chi connectivity index (χ1) is 20.9. The van der Waals surface area contributed by atoms with E-state index in [2.05, 4.69) is 17.6 Å². The van der Waals surface area contributed by atoms with Crippen molar-refractivity contribution >= 4 is 23.4 Å². The number of carbonyl (C=O) groups is 1. The van der Waals surface area contributed by atoms with E-state index < -0.39 is 12.0 Å². The molecule has 0 bridgehead atoms. The van der Waals surface area contributed by atoms with Gasteiger partial charge in [-0.1, -0.05) is 66.5 Å². The number of nitriles is 1. The van der Waals surface area contributed by atoms with Gasteiger partial charge in [-0.25, -0.2) is 9.79 Å². The highest BCUT2D eigenvalue weighted by molar-refractivity contribution is 7.07. The molecule has 0 spiro atoms. The van der Waals surface area contributed by atoms with Crippen molar-refractivity contribution in [1.82, 2.24) is 4.57 Å². The largest absolute Gasteiger partial charge is 0.490 e. The molecule has 43 heavy (non-hydrogen) atoms. The van der Waals surface area contributed by atoms with Crippen molar-refractivity contribution in [2.24, 2.45) is 4.99 Å². The molecule has 0 amide bonds. The minimum absolute atomic E-state index is 0.200. The number of nitrogens with zero attached hydrogens (tertiary/aromatic N) is 3. The van der Waals surface area contributed by atoms with Gasteiger partial charge in [-0.2, -0.15) is 5.26 Å². The number of esters is 1. The Morgan fingerprint density at radius 1 is 1.07 bits per heavy atom. The molecule has 1 atom stereocenters. The van der Waals surface area contributed by atoms with E-state index in [1.54, 1.807) is 48.8 Å². The number of ether oxygens (including phenoxy) is 3. The fourth-order valence-electron chi connectivity index (χ4n) is 4.74. The van der Waals surface area contributed by atoms with Crippen LogP contribution in [-0.2, 0) is 16.1 Å². The fraction of sp³-hybridized carbons (Fsp3) is 0.176. The van der Waals surface area contributed by atoms with Crippen LogP contribution in [0.4, 0.5) is 0 Å². The standard InChI is InChI=1S/C34H29N3O5S/c1-4-18-41-27-16-12-24(13-17-27)31-30(33(39)40-5-2)22(3)36-34-37(31)32(38)29(43-34)19-23-10-14-28(15-11-23)42-21-26-9-7-6-8-25(26)20-35/h4,6-17,19,31H,1,5,18,21H2,2-3H3. The van der Waals surface area contributed by atoms with Crippen molar-refractivity contribution in [2.75, 3.05) is 13.2 Å². The molecule has 0 radical (unpaired) electrons.